The Balaban J connectivity index is 1.13. The minimum atomic E-state index is -0.371. The first-order valence-corrected chi connectivity index (χ1v) is 13.4. The van der Waals surface area contributed by atoms with Crippen molar-refractivity contribution in [2.75, 3.05) is 30.3 Å². The maximum atomic E-state index is 13.8. The van der Waals surface area contributed by atoms with Gasteiger partial charge in [0, 0.05) is 38.1 Å². The van der Waals surface area contributed by atoms with Crippen molar-refractivity contribution in [1.29, 1.82) is 0 Å². The van der Waals surface area contributed by atoms with Crippen LogP contribution >= 0.6 is 0 Å². The number of hydrogen-bond acceptors (Lipinski definition) is 7. The third kappa shape index (κ3) is 4.22. The monoisotopic (exact) mass is 519 g/mol. The van der Waals surface area contributed by atoms with Crippen molar-refractivity contribution in [3.63, 3.8) is 0 Å². The van der Waals surface area contributed by atoms with Gasteiger partial charge in [-0.15, -0.1) is 0 Å². The smallest absolute Gasteiger partial charge is 0.257 e. The molecule has 0 radical (unpaired) electrons. The number of aliphatic hydroxyl groups is 1. The summed E-state index contributed by atoms with van der Waals surface area (Å²) < 4.78 is 5.24. The minimum Gasteiger partial charge on any atom is -0.392 e. The SMILES string of the molecule is Nc1noc2ccc(C3N=CC4=C3C(=O)N(c3ccc(-c5ccccc5CN5CC[C@@H](O)C5)cc3)CC4)cc12. The largest absolute Gasteiger partial charge is 0.392 e. The van der Waals surface area contributed by atoms with Gasteiger partial charge in [0.05, 0.1) is 17.1 Å². The topological polar surface area (TPSA) is 108 Å². The summed E-state index contributed by atoms with van der Waals surface area (Å²) in [6.45, 7) is 3.05. The molecule has 4 heterocycles. The second kappa shape index (κ2) is 9.48. The molecule has 0 saturated carbocycles. The van der Waals surface area contributed by atoms with Gasteiger partial charge in [0.1, 0.15) is 6.04 Å². The predicted molar refractivity (Wildman–Crippen MR) is 151 cm³/mol. The molecule has 1 fully saturated rings. The lowest BCUT2D eigenvalue weighted by Crippen LogP contribution is -2.38. The van der Waals surface area contributed by atoms with Gasteiger partial charge in [-0.05, 0) is 64.9 Å². The summed E-state index contributed by atoms with van der Waals surface area (Å²) in [7, 11) is 0. The molecule has 3 aliphatic rings. The van der Waals surface area contributed by atoms with Crippen LogP contribution in [0.2, 0.25) is 0 Å². The fourth-order valence-corrected chi connectivity index (χ4v) is 6.02. The number of likely N-dealkylation sites (tertiary alicyclic amines) is 1. The van der Waals surface area contributed by atoms with Gasteiger partial charge in [-0.3, -0.25) is 14.7 Å². The normalized spacial score (nSPS) is 21.4. The molecule has 0 aliphatic carbocycles. The average molecular weight is 520 g/mol. The third-order valence-corrected chi connectivity index (χ3v) is 8.07. The van der Waals surface area contributed by atoms with Crippen molar-refractivity contribution in [2.45, 2.75) is 31.5 Å². The quantitative estimate of drug-likeness (QED) is 0.402. The number of benzene rings is 3. The fourth-order valence-electron chi connectivity index (χ4n) is 6.02. The molecular formula is C31H29N5O3. The molecule has 3 aliphatic heterocycles. The molecule has 7 rings (SSSR count). The summed E-state index contributed by atoms with van der Waals surface area (Å²) in [4.78, 5) is 22.7. The van der Waals surface area contributed by atoms with Gasteiger partial charge in [0.2, 0.25) is 0 Å². The Morgan fingerprint density at radius 3 is 2.72 bits per heavy atom. The predicted octanol–water partition coefficient (Wildman–Crippen LogP) is 4.50. The number of nitrogens with two attached hydrogens (primary N) is 1. The Morgan fingerprint density at radius 1 is 1.05 bits per heavy atom. The molecule has 1 unspecified atom stereocenters. The van der Waals surface area contributed by atoms with Crippen molar-refractivity contribution in [3.8, 4) is 11.1 Å². The molecule has 3 aromatic carbocycles. The molecule has 4 aromatic rings. The van der Waals surface area contributed by atoms with Crippen LogP contribution in [0.3, 0.4) is 0 Å². The number of anilines is 2. The van der Waals surface area contributed by atoms with E-state index in [1.807, 2.05) is 41.4 Å². The third-order valence-electron chi connectivity index (χ3n) is 8.07. The van der Waals surface area contributed by atoms with Crippen molar-refractivity contribution >= 4 is 34.6 Å². The molecule has 2 atom stereocenters. The van der Waals surface area contributed by atoms with Crippen LogP contribution in [0.5, 0.6) is 0 Å². The number of hydrogen-bond donors (Lipinski definition) is 2. The molecule has 0 spiro atoms. The first kappa shape index (κ1) is 23.8. The van der Waals surface area contributed by atoms with Gasteiger partial charge in [0.15, 0.2) is 11.4 Å². The molecule has 8 nitrogen and oxygen atoms in total. The van der Waals surface area contributed by atoms with E-state index in [9.17, 15) is 9.90 Å². The van der Waals surface area contributed by atoms with E-state index >= 15 is 0 Å². The minimum absolute atomic E-state index is 0.0159. The standard InChI is InChI=1S/C31H29N5O3/c32-30-26-15-20(7-10-27(26)39-34-30)29-28-21(16-33-29)11-14-36(31(28)38)23-8-5-19(6-9-23)25-4-2-1-3-22(25)17-35-13-12-24(37)18-35/h1-10,15-16,24,29,37H,11-14,17-18H2,(H2,32,34)/t24-,29?/m1/s1. The van der Waals surface area contributed by atoms with E-state index in [-0.39, 0.29) is 18.1 Å². The highest BCUT2D eigenvalue weighted by atomic mass is 16.5. The molecule has 0 bridgehead atoms. The number of aromatic nitrogens is 1. The lowest BCUT2D eigenvalue weighted by Gasteiger charge is -2.30. The number of nitrogen functional groups attached to an aromatic ring is 1. The Hall–Kier alpha value is -4.27. The number of aliphatic hydroxyl groups excluding tert-OH is 1. The molecule has 3 N–H and O–H groups in total. The molecule has 8 heteroatoms. The molecule has 196 valence electrons. The fraction of sp³-hybridized carbons (Fsp3) is 0.258. The van der Waals surface area contributed by atoms with E-state index < -0.39 is 0 Å². The van der Waals surface area contributed by atoms with Crippen molar-refractivity contribution in [3.05, 3.63) is 89.0 Å². The van der Waals surface area contributed by atoms with Gasteiger partial charge in [0.25, 0.3) is 5.91 Å². The van der Waals surface area contributed by atoms with Crippen LogP contribution in [-0.4, -0.2) is 53.0 Å². The zero-order chi connectivity index (χ0) is 26.5. The van der Waals surface area contributed by atoms with Gasteiger partial charge in [-0.2, -0.15) is 0 Å². The van der Waals surface area contributed by atoms with Crippen LogP contribution in [-0.2, 0) is 11.3 Å². The summed E-state index contributed by atoms with van der Waals surface area (Å²) in [5.41, 5.74) is 13.6. The van der Waals surface area contributed by atoms with Gasteiger partial charge in [-0.1, -0.05) is 47.6 Å². The molecule has 39 heavy (non-hydrogen) atoms. The summed E-state index contributed by atoms with van der Waals surface area (Å²) in [5, 5.41) is 14.5. The molecule has 1 saturated heterocycles. The first-order valence-electron chi connectivity index (χ1n) is 13.4. The second-order valence-corrected chi connectivity index (χ2v) is 10.5. The number of nitrogens with zero attached hydrogens (tertiary/aromatic N) is 4. The zero-order valence-electron chi connectivity index (χ0n) is 21.5. The Kier molecular flexibility index (Phi) is 5.79. The van der Waals surface area contributed by atoms with E-state index in [1.165, 1.54) is 11.1 Å². The maximum absolute atomic E-state index is 13.8. The van der Waals surface area contributed by atoms with Crippen molar-refractivity contribution < 1.29 is 14.4 Å². The van der Waals surface area contributed by atoms with Crippen LogP contribution < -0.4 is 10.6 Å². The summed E-state index contributed by atoms with van der Waals surface area (Å²) in [6.07, 6.45) is 3.19. The average Bonchev–Trinajstić information content (AvgIpc) is 3.68. The molecular weight excluding hydrogens is 490 g/mol. The lowest BCUT2D eigenvalue weighted by atomic mass is 9.91. The number of amides is 1. The second-order valence-electron chi connectivity index (χ2n) is 10.5. The number of carbonyl (C=O) groups is 1. The van der Waals surface area contributed by atoms with E-state index in [1.54, 1.807) is 0 Å². The number of carbonyl (C=O) groups excluding carboxylic acids is 1. The van der Waals surface area contributed by atoms with Crippen LogP contribution in [0.15, 0.2) is 87.4 Å². The first-order chi connectivity index (χ1) is 19.0. The van der Waals surface area contributed by atoms with E-state index in [2.05, 4.69) is 46.5 Å². The maximum Gasteiger partial charge on any atom is 0.257 e. The summed E-state index contributed by atoms with van der Waals surface area (Å²) >= 11 is 0. The zero-order valence-corrected chi connectivity index (χ0v) is 21.5. The van der Waals surface area contributed by atoms with E-state index in [0.717, 1.165) is 59.3 Å². The number of fused-ring (bicyclic) bond motifs is 1. The lowest BCUT2D eigenvalue weighted by molar-refractivity contribution is -0.115. The highest BCUT2D eigenvalue weighted by Gasteiger charge is 2.36. The highest BCUT2D eigenvalue weighted by molar-refractivity contribution is 6.13. The van der Waals surface area contributed by atoms with E-state index in [4.69, 9.17) is 15.2 Å². The van der Waals surface area contributed by atoms with Gasteiger partial charge in [-0.25, -0.2) is 0 Å². The summed E-state index contributed by atoms with van der Waals surface area (Å²) in [6, 6.07) is 22.0. The highest BCUT2D eigenvalue weighted by Crippen LogP contribution is 2.40. The van der Waals surface area contributed by atoms with Crippen LogP contribution in [0, 0.1) is 0 Å². The van der Waals surface area contributed by atoms with Crippen molar-refractivity contribution in [2.24, 2.45) is 4.99 Å². The van der Waals surface area contributed by atoms with Crippen LogP contribution in [0.25, 0.3) is 22.1 Å². The van der Waals surface area contributed by atoms with Gasteiger partial charge < -0.3 is 20.3 Å². The summed E-state index contributed by atoms with van der Waals surface area (Å²) in [5.74, 6) is 0.317. The van der Waals surface area contributed by atoms with Crippen LogP contribution in [0.4, 0.5) is 11.5 Å². The van der Waals surface area contributed by atoms with Gasteiger partial charge >= 0.3 is 0 Å². The number of aliphatic imine (C=N–C) groups is 1. The number of β-amino-alcohol motifs (C(OH)–C–C–N with tert-alkyl or cyclic N) is 1. The molecule has 1 aromatic heterocycles. The van der Waals surface area contributed by atoms with Crippen LogP contribution in [0.1, 0.15) is 30.0 Å². The Labute approximate surface area is 226 Å². The Bertz CT molecular complexity index is 1640. The van der Waals surface area contributed by atoms with E-state index in [0.29, 0.717) is 24.5 Å². The van der Waals surface area contributed by atoms with Crippen molar-refractivity contribution in [1.82, 2.24) is 10.1 Å². The number of rotatable bonds is 5. The molecule has 1 amide bonds. The Morgan fingerprint density at radius 2 is 1.90 bits per heavy atom.